The molecular formula is C21H20FN5O2S. The number of carbonyl (C=O) groups excluding carboxylic acids is 1. The van der Waals surface area contributed by atoms with Gasteiger partial charge in [-0.15, -0.1) is 11.3 Å². The number of pyridine rings is 1. The number of hydrogen-bond acceptors (Lipinski definition) is 6. The van der Waals surface area contributed by atoms with Gasteiger partial charge in [0.05, 0.1) is 30.3 Å². The molecule has 4 rings (SSSR count). The van der Waals surface area contributed by atoms with Crippen molar-refractivity contribution in [1.29, 1.82) is 0 Å². The van der Waals surface area contributed by atoms with Gasteiger partial charge in [0.25, 0.3) is 5.91 Å². The lowest BCUT2D eigenvalue weighted by Crippen LogP contribution is -2.14. The first kappa shape index (κ1) is 20.0. The van der Waals surface area contributed by atoms with Crippen LogP contribution in [0.3, 0.4) is 0 Å². The largest absolute Gasteiger partial charge is 0.494 e. The molecule has 0 bridgehead atoms. The number of thiazole rings is 1. The Balaban J connectivity index is 1.57. The summed E-state index contributed by atoms with van der Waals surface area (Å²) >= 11 is 1.27. The lowest BCUT2D eigenvalue weighted by Gasteiger charge is -2.09. The summed E-state index contributed by atoms with van der Waals surface area (Å²) in [4.78, 5) is 21.8. The molecule has 3 heterocycles. The summed E-state index contributed by atoms with van der Waals surface area (Å²) in [5.74, 6) is -0.604. The van der Waals surface area contributed by atoms with Crippen LogP contribution in [0.25, 0.3) is 22.3 Å². The minimum Gasteiger partial charge on any atom is -0.494 e. The molecule has 1 amide bonds. The second-order valence-corrected chi connectivity index (χ2v) is 7.92. The van der Waals surface area contributed by atoms with Crippen molar-refractivity contribution in [2.75, 3.05) is 12.4 Å². The summed E-state index contributed by atoms with van der Waals surface area (Å²) < 4.78 is 20.7. The fraction of sp³-hybridized carbons (Fsp3) is 0.238. The standard InChI is InChI=1S/C21H20FN5O2S/c1-11(2)27-19-14(9-23-27)7-15(12(3)24-19)20(28)26-21-25-17(10-30-21)13-5-6-18(29-4)16(22)8-13/h5-11H,1-4H3,(H,25,26,28). The normalized spacial score (nSPS) is 11.3. The number of carbonyl (C=O) groups is 1. The van der Waals surface area contributed by atoms with E-state index >= 15 is 0 Å². The van der Waals surface area contributed by atoms with Crippen molar-refractivity contribution in [2.24, 2.45) is 0 Å². The molecule has 0 atom stereocenters. The molecule has 3 aromatic heterocycles. The molecule has 0 aliphatic heterocycles. The van der Waals surface area contributed by atoms with E-state index in [0.717, 1.165) is 11.0 Å². The molecule has 0 radical (unpaired) electrons. The molecule has 0 saturated heterocycles. The maximum absolute atomic E-state index is 14.0. The maximum Gasteiger partial charge on any atom is 0.259 e. The summed E-state index contributed by atoms with van der Waals surface area (Å²) in [5, 5.41) is 10.1. The molecule has 0 unspecified atom stereocenters. The van der Waals surface area contributed by atoms with Gasteiger partial charge in [0.1, 0.15) is 0 Å². The SMILES string of the molecule is COc1ccc(-c2csc(NC(=O)c3cc4cnn(C(C)C)c4nc3C)n2)cc1F. The Labute approximate surface area is 176 Å². The van der Waals surface area contributed by atoms with Gasteiger partial charge in [-0.3, -0.25) is 10.1 Å². The van der Waals surface area contributed by atoms with Crippen LogP contribution in [-0.2, 0) is 0 Å². The van der Waals surface area contributed by atoms with Crippen LogP contribution < -0.4 is 10.1 Å². The van der Waals surface area contributed by atoms with Crippen molar-refractivity contribution in [1.82, 2.24) is 19.7 Å². The van der Waals surface area contributed by atoms with Gasteiger partial charge < -0.3 is 4.74 Å². The average Bonchev–Trinajstić information content (AvgIpc) is 3.34. The van der Waals surface area contributed by atoms with Gasteiger partial charge in [0.15, 0.2) is 22.3 Å². The molecule has 7 nitrogen and oxygen atoms in total. The Morgan fingerprint density at radius 2 is 2.07 bits per heavy atom. The Morgan fingerprint density at radius 3 is 2.77 bits per heavy atom. The Morgan fingerprint density at radius 1 is 1.27 bits per heavy atom. The maximum atomic E-state index is 14.0. The van der Waals surface area contributed by atoms with Crippen LogP contribution >= 0.6 is 11.3 Å². The van der Waals surface area contributed by atoms with Crippen molar-refractivity contribution in [2.45, 2.75) is 26.8 Å². The van der Waals surface area contributed by atoms with Crippen LogP contribution in [-0.4, -0.2) is 32.8 Å². The highest BCUT2D eigenvalue weighted by Gasteiger charge is 2.17. The fourth-order valence-corrected chi connectivity index (χ4v) is 3.84. The van der Waals surface area contributed by atoms with Gasteiger partial charge in [-0.2, -0.15) is 5.10 Å². The van der Waals surface area contributed by atoms with E-state index in [2.05, 4.69) is 20.4 Å². The van der Waals surface area contributed by atoms with Crippen LogP contribution in [0.4, 0.5) is 9.52 Å². The molecule has 0 aliphatic rings. The van der Waals surface area contributed by atoms with E-state index in [1.165, 1.54) is 24.5 Å². The average molecular weight is 425 g/mol. The van der Waals surface area contributed by atoms with Gasteiger partial charge >= 0.3 is 0 Å². The van der Waals surface area contributed by atoms with E-state index in [0.29, 0.717) is 27.6 Å². The highest BCUT2D eigenvalue weighted by atomic mass is 32.1. The third kappa shape index (κ3) is 3.63. The number of aryl methyl sites for hydroxylation is 1. The zero-order valence-electron chi connectivity index (χ0n) is 16.9. The van der Waals surface area contributed by atoms with Crippen LogP contribution in [0.15, 0.2) is 35.8 Å². The third-order valence-corrected chi connectivity index (χ3v) is 5.42. The molecule has 0 fully saturated rings. The van der Waals surface area contributed by atoms with E-state index < -0.39 is 5.82 Å². The quantitative estimate of drug-likeness (QED) is 0.495. The molecule has 0 saturated carbocycles. The summed E-state index contributed by atoms with van der Waals surface area (Å²) in [6.07, 6.45) is 1.71. The minimum absolute atomic E-state index is 0.168. The molecule has 1 N–H and O–H groups in total. The summed E-state index contributed by atoms with van der Waals surface area (Å²) in [6, 6.07) is 6.58. The summed E-state index contributed by atoms with van der Waals surface area (Å²) in [5.41, 5.74) is 2.98. The van der Waals surface area contributed by atoms with Gasteiger partial charge in [0, 0.05) is 22.4 Å². The third-order valence-electron chi connectivity index (χ3n) is 4.67. The molecule has 0 aliphatic carbocycles. The first-order valence-electron chi connectivity index (χ1n) is 9.33. The van der Waals surface area contributed by atoms with Crippen molar-refractivity contribution in [3.63, 3.8) is 0 Å². The number of ether oxygens (including phenoxy) is 1. The van der Waals surface area contributed by atoms with E-state index in [-0.39, 0.29) is 17.7 Å². The zero-order chi connectivity index (χ0) is 21.4. The van der Waals surface area contributed by atoms with E-state index in [1.807, 2.05) is 18.5 Å². The molecule has 30 heavy (non-hydrogen) atoms. The van der Waals surface area contributed by atoms with Gasteiger partial charge in [0.2, 0.25) is 0 Å². The van der Waals surface area contributed by atoms with E-state index in [4.69, 9.17) is 4.74 Å². The predicted octanol–water partition coefficient (Wildman–Crippen LogP) is 4.84. The number of benzene rings is 1. The molecule has 4 aromatic rings. The second kappa shape index (κ2) is 7.83. The lowest BCUT2D eigenvalue weighted by molar-refractivity contribution is 0.102. The second-order valence-electron chi connectivity index (χ2n) is 7.06. The first-order valence-corrected chi connectivity index (χ1v) is 10.2. The molecule has 0 spiro atoms. The Bertz CT molecular complexity index is 1250. The van der Waals surface area contributed by atoms with E-state index in [9.17, 15) is 9.18 Å². The number of methoxy groups -OCH3 is 1. The van der Waals surface area contributed by atoms with Crippen LogP contribution in [0, 0.1) is 12.7 Å². The van der Waals surface area contributed by atoms with Gasteiger partial charge in [-0.1, -0.05) is 0 Å². The fourth-order valence-electron chi connectivity index (χ4n) is 3.13. The monoisotopic (exact) mass is 425 g/mol. The Hall–Kier alpha value is -3.33. The van der Waals surface area contributed by atoms with Crippen molar-refractivity contribution in [3.8, 4) is 17.0 Å². The zero-order valence-corrected chi connectivity index (χ0v) is 17.7. The van der Waals surface area contributed by atoms with Crippen LogP contribution in [0.5, 0.6) is 5.75 Å². The number of fused-ring (bicyclic) bond motifs is 1. The molecule has 1 aromatic carbocycles. The van der Waals surface area contributed by atoms with Crippen LogP contribution in [0.2, 0.25) is 0 Å². The number of hydrogen-bond donors (Lipinski definition) is 1. The molecule has 9 heteroatoms. The van der Waals surface area contributed by atoms with Crippen molar-refractivity contribution in [3.05, 3.63) is 52.9 Å². The lowest BCUT2D eigenvalue weighted by atomic mass is 10.1. The smallest absolute Gasteiger partial charge is 0.259 e. The number of nitrogens with zero attached hydrogens (tertiary/aromatic N) is 4. The number of amides is 1. The number of aromatic nitrogens is 4. The highest BCUT2D eigenvalue weighted by Crippen LogP contribution is 2.29. The van der Waals surface area contributed by atoms with Crippen molar-refractivity contribution >= 4 is 33.4 Å². The van der Waals surface area contributed by atoms with Crippen molar-refractivity contribution < 1.29 is 13.9 Å². The van der Waals surface area contributed by atoms with E-state index in [1.54, 1.807) is 36.7 Å². The number of nitrogens with one attached hydrogen (secondary N) is 1. The summed E-state index contributed by atoms with van der Waals surface area (Å²) in [7, 11) is 1.41. The predicted molar refractivity (Wildman–Crippen MR) is 115 cm³/mol. The first-order chi connectivity index (χ1) is 14.4. The van der Waals surface area contributed by atoms with Gasteiger partial charge in [-0.25, -0.2) is 19.0 Å². The highest BCUT2D eigenvalue weighted by molar-refractivity contribution is 7.14. The van der Waals surface area contributed by atoms with Crippen LogP contribution in [0.1, 0.15) is 35.9 Å². The number of anilines is 1. The number of halogens is 1. The Kier molecular flexibility index (Phi) is 5.21. The minimum atomic E-state index is -0.467. The molecule has 154 valence electrons. The molecular weight excluding hydrogens is 405 g/mol. The summed E-state index contributed by atoms with van der Waals surface area (Å²) in [6.45, 7) is 5.84. The van der Waals surface area contributed by atoms with Gasteiger partial charge in [-0.05, 0) is 45.0 Å². The number of rotatable bonds is 5. The topological polar surface area (TPSA) is 81.9 Å².